The molecule has 114 valence electrons. The number of rotatable bonds is 10. The van der Waals surface area contributed by atoms with Gasteiger partial charge in [-0.1, -0.05) is 13.3 Å². The number of hydrogen-bond donors (Lipinski definition) is 1. The zero-order valence-electron chi connectivity index (χ0n) is 12.5. The average molecular weight is 274 g/mol. The zero-order chi connectivity index (χ0) is 13.9. The third-order valence-corrected chi connectivity index (χ3v) is 4.07. The summed E-state index contributed by atoms with van der Waals surface area (Å²) in [5.41, 5.74) is 0. The van der Waals surface area contributed by atoms with Crippen molar-refractivity contribution in [2.75, 3.05) is 40.1 Å². The van der Waals surface area contributed by atoms with Crippen molar-refractivity contribution in [2.45, 2.75) is 45.1 Å². The molecule has 3 atom stereocenters. The van der Waals surface area contributed by atoms with E-state index in [2.05, 4.69) is 6.92 Å². The van der Waals surface area contributed by atoms with E-state index in [9.17, 15) is 5.11 Å². The molecule has 1 aliphatic carbocycles. The Morgan fingerprint density at radius 2 is 1.68 bits per heavy atom. The Morgan fingerprint density at radius 1 is 1.00 bits per heavy atom. The zero-order valence-corrected chi connectivity index (χ0v) is 12.5. The summed E-state index contributed by atoms with van der Waals surface area (Å²) in [6.45, 7) is 5.48. The Hall–Kier alpha value is -0.160. The first-order chi connectivity index (χ1) is 9.27. The van der Waals surface area contributed by atoms with E-state index in [-0.39, 0.29) is 6.10 Å². The van der Waals surface area contributed by atoms with Gasteiger partial charge in [-0.15, -0.1) is 0 Å². The van der Waals surface area contributed by atoms with E-state index >= 15 is 0 Å². The van der Waals surface area contributed by atoms with Crippen LogP contribution in [0.15, 0.2) is 0 Å². The van der Waals surface area contributed by atoms with Crippen LogP contribution in [0.25, 0.3) is 0 Å². The Balaban J connectivity index is 1.98. The average Bonchev–Trinajstić information content (AvgIpc) is 2.43. The van der Waals surface area contributed by atoms with Crippen LogP contribution in [0.3, 0.4) is 0 Å². The molecule has 3 unspecified atom stereocenters. The molecule has 0 spiro atoms. The van der Waals surface area contributed by atoms with Gasteiger partial charge >= 0.3 is 0 Å². The van der Waals surface area contributed by atoms with Gasteiger partial charge in [0.2, 0.25) is 0 Å². The molecular weight excluding hydrogens is 244 g/mol. The number of aliphatic hydroxyl groups is 1. The van der Waals surface area contributed by atoms with Gasteiger partial charge < -0.3 is 19.3 Å². The van der Waals surface area contributed by atoms with E-state index < -0.39 is 0 Å². The SMILES string of the molecule is CCC1CCC(O)C(CCOCCOCCOC)C1. The minimum Gasteiger partial charge on any atom is -0.393 e. The fourth-order valence-corrected chi connectivity index (χ4v) is 2.73. The molecule has 1 N–H and O–H groups in total. The highest BCUT2D eigenvalue weighted by Gasteiger charge is 2.27. The molecular formula is C15H30O4. The molecule has 0 saturated heterocycles. The molecule has 0 aromatic heterocycles. The monoisotopic (exact) mass is 274 g/mol. The maximum absolute atomic E-state index is 9.99. The predicted octanol–water partition coefficient (Wildman–Crippen LogP) is 2.24. The van der Waals surface area contributed by atoms with Gasteiger partial charge in [0.25, 0.3) is 0 Å². The molecule has 0 amide bonds. The van der Waals surface area contributed by atoms with Crippen molar-refractivity contribution < 1.29 is 19.3 Å². The van der Waals surface area contributed by atoms with E-state index in [4.69, 9.17) is 14.2 Å². The van der Waals surface area contributed by atoms with Crippen molar-refractivity contribution >= 4 is 0 Å². The van der Waals surface area contributed by atoms with Crippen LogP contribution in [0.1, 0.15) is 39.0 Å². The van der Waals surface area contributed by atoms with Crippen molar-refractivity contribution in [2.24, 2.45) is 11.8 Å². The number of ether oxygens (including phenoxy) is 3. The molecule has 0 heterocycles. The molecule has 1 saturated carbocycles. The Bertz CT molecular complexity index is 210. The fraction of sp³-hybridized carbons (Fsp3) is 1.00. The van der Waals surface area contributed by atoms with Crippen LogP contribution >= 0.6 is 0 Å². The molecule has 1 rings (SSSR count). The topological polar surface area (TPSA) is 47.9 Å². The lowest BCUT2D eigenvalue weighted by atomic mass is 9.77. The Kier molecular flexibility index (Phi) is 9.43. The van der Waals surface area contributed by atoms with E-state index in [0.717, 1.165) is 31.8 Å². The maximum Gasteiger partial charge on any atom is 0.0701 e. The van der Waals surface area contributed by atoms with Gasteiger partial charge in [-0.3, -0.25) is 0 Å². The summed E-state index contributed by atoms with van der Waals surface area (Å²) in [7, 11) is 1.67. The molecule has 4 nitrogen and oxygen atoms in total. The van der Waals surface area contributed by atoms with Crippen molar-refractivity contribution in [3.05, 3.63) is 0 Å². The number of methoxy groups -OCH3 is 1. The molecule has 19 heavy (non-hydrogen) atoms. The second-order valence-electron chi connectivity index (χ2n) is 5.42. The van der Waals surface area contributed by atoms with Crippen LogP contribution in [0.2, 0.25) is 0 Å². The van der Waals surface area contributed by atoms with Crippen molar-refractivity contribution in [3.8, 4) is 0 Å². The summed E-state index contributed by atoms with van der Waals surface area (Å²) < 4.78 is 15.8. The molecule has 1 fully saturated rings. The maximum atomic E-state index is 9.99. The first-order valence-electron chi connectivity index (χ1n) is 7.60. The predicted molar refractivity (Wildman–Crippen MR) is 75.3 cm³/mol. The largest absolute Gasteiger partial charge is 0.393 e. The van der Waals surface area contributed by atoms with Gasteiger partial charge in [0.05, 0.1) is 32.5 Å². The van der Waals surface area contributed by atoms with Gasteiger partial charge in [0.15, 0.2) is 0 Å². The van der Waals surface area contributed by atoms with Gasteiger partial charge in [0, 0.05) is 13.7 Å². The minimum absolute atomic E-state index is 0.121. The first-order valence-corrected chi connectivity index (χ1v) is 7.60. The van der Waals surface area contributed by atoms with E-state index in [0.29, 0.717) is 32.3 Å². The highest BCUT2D eigenvalue weighted by Crippen LogP contribution is 2.33. The highest BCUT2D eigenvalue weighted by molar-refractivity contribution is 4.79. The van der Waals surface area contributed by atoms with Crippen LogP contribution in [-0.2, 0) is 14.2 Å². The molecule has 1 aliphatic rings. The smallest absolute Gasteiger partial charge is 0.0701 e. The van der Waals surface area contributed by atoms with Crippen molar-refractivity contribution in [1.82, 2.24) is 0 Å². The first kappa shape index (κ1) is 16.9. The normalized spacial score (nSPS) is 27.6. The third-order valence-electron chi connectivity index (χ3n) is 4.07. The summed E-state index contributed by atoms with van der Waals surface area (Å²) in [6.07, 6.45) is 5.38. The van der Waals surface area contributed by atoms with Gasteiger partial charge in [-0.2, -0.15) is 0 Å². The summed E-state index contributed by atoms with van der Waals surface area (Å²) in [5, 5.41) is 9.99. The summed E-state index contributed by atoms with van der Waals surface area (Å²) in [6, 6.07) is 0. The Labute approximate surface area is 117 Å². The van der Waals surface area contributed by atoms with Crippen LogP contribution in [0.5, 0.6) is 0 Å². The van der Waals surface area contributed by atoms with Crippen LogP contribution in [0, 0.1) is 11.8 Å². The highest BCUT2D eigenvalue weighted by atomic mass is 16.5. The second-order valence-corrected chi connectivity index (χ2v) is 5.42. The van der Waals surface area contributed by atoms with E-state index in [1.807, 2.05) is 0 Å². The lowest BCUT2D eigenvalue weighted by Crippen LogP contribution is -2.30. The molecule has 4 heteroatoms. The lowest BCUT2D eigenvalue weighted by molar-refractivity contribution is 0.00190. The summed E-state index contributed by atoms with van der Waals surface area (Å²) >= 11 is 0. The van der Waals surface area contributed by atoms with Gasteiger partial charge in [-0.05, 0) is 37.5 Å². The van der Waals surface area contributed by atoms with Crippen molar-refractivity contribution in [1.29, 1.82) is 0 Å². The van der Waals surface area contributed by atoms with Crippen LogP contribution in [-0.4, -0.2) is 51.4 Å². The molecule has 0 aromatic carbocycles. The minimum atomic E-state index is -0.121. The van der Waals surface area contributed by atoms with E-state index in [1.165, 1.54) is 12.8 Å². The van der Waals surface area contributed by atoms with Crippen LogP contribution in [0.4, 0.5) is 0 Å². The summed E-state index contributed by atoms with van der Waals surface area (Å²) in [5.74, 6) is 1.22. The van der Waals surface area contributed by atoms with Gasteiger partial charge in [0.1, 0.15) is 0 Å². The fourth-order valence-electron chi connectivity index (χ4n) is 2.73. The number of aliphatic hydroxyl groups excluding tert-OH is 1. The lowest BCUT2D eigenvalue weighted by Gasteiger charge is -2.32. The molecule has 0 aromatic rings. The molecule has 0 aliphatic heterocycles. The standard InChI is InChI=1S/C15H30O4/c1-3-13-4-5-15(16)14(12-13)6-7-18-10-11-19-9-8-17-2/h13-16H,3-12H2,1-2H3. The second kappa shape index (κ2) is 10.6. The molecule has 0 radical (unpaired) electrons. The molecule has 0 bridgehead atoms. The Morgan fingerprint density at radius 3 is 2.37 bits per heavy atom. The quantitative estimate of drug-likeness (QED) is 0.621. The summed E-state index contributed by atoms with van der Waals surface area (Å²) in [4.78, 5) is 0. The van der Waals surface area contributed by atoms with Crippen LogP contribution < -0.4 is 0 Å². The van der Waals surface area contributed by atoms with Crippen molar-refractivity contribution in [3.63, 3.8) is 0 Å². The number of hydrogen-bond acceptors (Lipinski definition) is 4. The van der Waals surface area contributed by atoms with E-state index in [1.54, 1.807) is 7.11 Å². The van der Waals surface area contributed by atoms with Gasteiger partial charge in [-0.25, -0.2) is 0 Å². The third kappa shape index (κ3) is 7.25.